The maximum atomic E-state index is 2.50. The van der Waals surface area contributed by atoms with Gasteiger partial charge in [-0.15, -0.1) is 22.7 Å². The van der Waals surface area contributed by atoms with Crippen LogP contribution in [-0.4, -0.2) is 0 Å². The van der Waals surface area contributed by atoms with Gasteiger partial charge >= 0.3 is 0 Å². The Morgan fingerprint density at radius 3 is 1.84 bits per heavy atom. The topological polar surface area (TPSA) is 0 Å². The summed E-state index contributed by atoms with van der Waals surface area (Å²) in [7, 11) is 0. The molecule has 50 heavy (non-hydrogen) atoms. The maximum Gasteiger partial charge on any atom is 0.0361 e. The molecule has 7 aromatic carbocycles. The van der Waals surface area contributed by atoms with Crippen molar-refractivity contribution >= 4 is 82.1 Å². The van der Waals surface area contributed by atoms with Gasteiger partial charge in [0.2, 0.25) is 0 Å². The molecule has 0 fully saturated rings. The van der Waals surface area contributed by atoms with Crippen molar-refractivity contribution < 1.29 is 0 Å². The van der Waals surface area contributed by atoms with Crippen molar-refractivity contribution in [1.82, 2.24) is 0 Å². The molecule has 0 N–H and O–H groups in total. The molecular formula is C48H30S2. The summed E-state index contributed by atoms with van der Waals surface area (Å²) in [6, 6.07) is 53.9. The molecule has 0 nitrogen and oxygen atoms in total. The first-order valence-corrected chi connectivity index (χ1v) is 19.0. The third-order valence-electron chi connectivity index (χ3n) is 10.9. The number of hydrogen-bond acceptors (Lipinski definition) is 2. The lowest BCUT2D eigenvalue weighted by Crippen LogP contribution is -2.28. The highest BCUT2D eigenvalue weighted by Gasteiger charge is 2.28. The lowest BCUT2D eigenvalue weighted by Gasteiger charge is -2.24. The summed E-state index contributed by atoms with van der Waals surface area (Å²) in [6.45, 7) is 0. The second kappa shape index (κ2) is 11.0. The van der Waals surface area contributed by atoms with Crippen LogP contribution >= 0.6 is 22.7 Å². The number of rotatable bonds is 3. The molecular weight excluding hydrogens is 641 g/mol. The van der Waals surface area contributed by atoms with Crippen LogP contribution < -0.4 is 9.75 Å². The summed E-state index contributed by atoms with van der Waals surface area (Å²) in [5.74, 6) is 0.388. The van der Waals surface area contributed by atoms with Gasteiger partial charge in [0.25, 0.3) is 0 Å². The number of benzene rings is 7. The Bertz CT molecular complexity index is 2990. The van der Waals surface area contributed by atoms with Gasteiger partial charge in [0.1, 0.15) is 0 Å². The van der Waals surface area contributed by atoms with E-state index in [1.54, 1.807) is 0 Å². The number of fused-ring (bicyclic) bond motifs is 10. The molecule has 0 saturated heterocycles. The van der Waals surface area contributed by atoms with E-state index in [0.717, 1.165) is 6.42 Å². The van der Waals surface area contributed by atoms with Gasteiger partial charge < -0.3 is 0 Å². The minimum absolute atomic E-state index is 0.388. The molecule has 0 amide bonds. The summed E-state index contributed by atoms with van der Waals surface area (Å²) in [6.07, 6.45) is 8.36. The highest BCUT2D eigenvalue weighted by atomic mass is 32.1. The summed E-state index contributed by atoms with van der Waals surface area (Å²) in [5, 5.41) is 9.40. The molecule has 2 heteroatoms. The van der Waals surface area contributed by atoms with Crippen LogP contribution in [0.5, 0.6) is 0 Å². The van der Waals surface area contributed by atoms with Crippen LogP contribution in [0, 0.1) is 0 Å². The van der Waals surface area contributed by atoms with Crippen molar-refractivity contribution in [2.24, 2.45) is 0 Å². The molecule has 9 aromatic rings. The van der Waals surface area contributed by atoms with Gasteiger partial charge in [0.15, 0.2) is 0 Å². The molecule has 11 rings (SSSR count). The minimum Gasteiger partial charge on any atom is -0.135 e. The molecule has 1 unspecified atom stereocenters. The predicted molar refractivity (Wildman–Crippen MR) is 218 cm³/mol. The molecule has 234 valence electrons. The van der Waals surface area contributed by atoms with Gasteiger partial charge in [-0.3, -0.25) is 0 Å². The van der Waals surface area contributed by atoms with E-state index < -0.39 is 0 Å². The van der Waals surface area contributed by atoms with E-state index >= 15 is 0 Å². The second-order valence-corrected chi connectivity index (χ2v) is 15.7. The van der Waals surface area contributed by atoms with Crippen molar-refractivity contribution in [2.75, 3.05) is 0 Å². The van der Waals surface area contributed by atoms with Crippen LogP contribution in [0.25, 0.3) is 92.8 Å². The van der Waals surface area contributed by atoms with Crippen LogP contribution in [0.4, 0.5) is 0 Å². The zero-order valence-electron chi connectivity index (χ0n) is 27.2. The zero-order valence-corrected chi connectivity index (χ0v) is 28.8. The Morgan fingerprint density at radius 1 is 0.460 bits per heavy atom. The number of allylic oxidation sites excluding steroid dienone is 1. The Balaban J connectivity index is 0.970. The van der Waals surface area contributed by atoms with E-state index in [1.807, 2.05) is 22.7 Å². The van der Waals surface area contributed by atoms with E-state index in [1.165, 1.54) is 101 Å². The standard InChI is InChI=1S/C48H30S2/c1-3-11-35-30(7-1)9-5-13-37(35)32-17-15-29(16-18-32)33-19-21-41-45(27-33)49-43-25-23-40-39(47(41)43)24-26-44-48(40)42-22-20-34(28-46(42)50-44)38-14-6-10-31-8-2-4-12-36(31)38/h1-22,24-28,40H,23H2. The first-order chi connectivity index (χ1) is 24.8. The highest BCUT2D eigenvalue weighted by molar-refractivity contribution is 7.20. The molecule has 2 aliphatic rings. The normalized spacial score (nSPS) is 15.0. The minimum atomic E-state index is 0.388. The second-order valence-electron chi connectivity index (χ2n) is 13.6. The van der Waals surface area contributed by atoms with Gasteiger partial charge in [-0.05, 0) is 96.1 Å². The van der Waals surface area contributed by atoms with E-state index in [0.29, 0.717) is 5.92 Å². The molecule has 0 spiro atoms. The van der Waals surface area contributed by atoms with E-state index in [4.69, 9.17) is 0 Å². The molecule has 0 radical (unpaired) electrons. The lowest BCUT2D eigenvalue weighted by atomic mass is 9.80. The number of thiophene rings is 2. The molecule has 0 saturated carbocycles. The SMILES string of the molecule is C1=Cc2sc3cc(-c4cccc5ccccc45)ccc3c2C2CC=c3sc4cc(-c5ccc(-c6cccc7ccccc67)cc5)ccc4c3=C12. The Hall–Kier alpha value is -5.54. The fourth-order valence-corrected chi connectivity index (χ4v) is 10.9. The van der Waals surface area contributed by atoms with Crippen LogP contribution in [0.2, 0.25) is 0 Å². The van der Waals surface area contributed by atoms with Crippen molar-refractivity contribution in [1.29, 1.82) is 0 Å². The summed E-state index contributed by atoms with van der Waals surface area (Å²) in [4.78, 5) is 1.41. The third kappa shape index (κ3) is 4.29. The van der Waals surface area contributed by atoms with Crippen LogP contribution in [0.3, 0.4) is 0 Å². The van der Waals surface area contributed by atoms with Crippen molar-refractivity contribution in [3.8, 4) is 33.4 Å². The van der Waals surface area contributed by atoms with Gasteiger partial charge in [0.05, 0.1) is 0 Å². The monoisotopic (exact) mass is 670 g/mol. The summed E-state index contributed by atoms with van der Waals surface area (Å²) in [5.41, 5.74) is 10.7. The molecule has 2 aliphatic carbocycles. The highest BCUT2D eigenvalue weighted by Crippen LogP contribution is 2.47. The van der Waals surface area contributed by atoms with E-state index in [2.05, 4.69) is 164 Å². The zero-order chi connectivity index (χ0) is 32.8. The third-order valence-corrected chi connectivity index (χ3v) is 13.1. The first kappa shape index (κ1) is 28.3. The predicted octanol–water partition coefficient (Wildman–Crippen LogP) is 12.6. The van der Waals surface area contributed by atoms with Crippen LogP contribution in [0.15, 0.2) is 152 Å². The average molecular weight is 671 g/mol. The first-order valence-electron chi connectivity index (χ1n) is 17.3. The molecule has 2 aromatic heterocycles. The van der Waals surface area contributed by atoms with E-state index in [9.17, 15) is 0 Å². The molecule has 0 bridgehead atoms. The fourth-order valence-electron chi connectivity index (χ4n) is 8.48. The van der Waals surface area contributed by atoms with Crippen LogP contribution in [0.1, 0.15) is 22.8 Å². The molecule has 0 aliphatic heterocycles. The Labute approximate surface area is 298 Å². The Morgan fingerprint density at radius 2 is 1.06 bits per heavy atom. The summed E-state index contributed by atoms with van der Waals surface area (Å²) < 4.78 is 4.16. The van der Waals surface area contributed by atoms with E-state index in [-0.39, 0.29) is 0 Å². The maximum absolute atomic E-state index is 2.50. The van der Waals surface area contributed by atoms with Gasteiger partial charge in [0, 0.05) is 35.3 Å². The van der Waals surface area contributed by atoms with Crippen molar-refractivity contribution in [3.05, 3.63) is 172 Å². The average Bonchev–Trinajstić information content (AvgIpc) is 3.75. The van der Waals surface area contributed by atoms with Crippen molar-refractivity contribution in [2.45, 2.75) is 12.3 Å². The largest absolute Gasteiger partial charge is 0.135 e. The summed E-state index contributed by atoms with van der Waals surface area (Å²) >= 11 is 3.89. The molecule has 2 heterocycles. The molecule has 1 atom stereocenters. The van der Waals surface area contributed by atoms with Gasteiger partial charge in [-0.1, -0.05) is 146 Å². The fraction of sp³-hybridized carbons (Fsp3) is 0.0417. The van der Waals surface area contributed by atoms with Crippen molar-refractivity contribution in [3.63, 3.8) is 0 Å². The smallest absolute Gasteiger partial charge is 0.0361 e. The van der Waals surface area contributed by atoms with Gasteiger partial charge in [-0.2, -0.15) is 0 Å². The Kier molecular flexibility index (Phi) is 6.22. The number of hydrogen-bond donors (Lipinski definition) is 0. The lowest BCUT2D eigenvalue weighted by molar-refractivity contribution is 0.909. The van der Waals surface area contributed by atoms with Crippen LogP contribution in [-0.2, 0) is 0 Å². The quantitative estimate of drug-likeness (QED) is 0.175. The van der Waals surface area contributed by atoms with Gasteiger partial charge in [-0.25, -0.2) is 0 Å².